The molecule has 0 N–H and O–H groups in total. The van der Waals surface area contributed by atoms with Crippen LogP contribution in [0.2, 0.25) is 0 Å². The van der Waals surface area contributed by atoms with Gasteiger partial charge in [-0.25, -0.2) is 0 Å². The van der Waals surface area contributed by atoms with Crippen molar-refractivity contribution in [2.75, 3.05) is 13.2 Å². The van der Waals surface area contributed by atoms with Crippen molar-refractivity contribution in [1.29, 1.82) is 0 Å². The fourth-order valence-electron chi connectivity index (χ4n) is 6.80. The van der Waals surface area contributed by atoms with Gasteiger partial charge in [0.1, 0.15) is 11.7 Å². The number of rotatable bonds is 21. The minimum Gasteiger partial charge on any atom is -0.465 e. The lowest BCUT2D eigenvalue weighted by Crippen LogP contribution is -2.51. The maximum Gasteiger partial charge on any atom is 0.324 e. The van der Waals surface area contributed by atoms with Gasteiger partial charge < -0.3 is 18.9 Å². The van der Waals surface area contributed by atoms with E-state index in [0.29, 0.717) is 22.3 Å². The predicted molar refractivity (Wildman–Crippen MR) is 234 cm³/mol. The summed E-state index contributed by atoms with van der Waals surface area (Å²) < 4.78 is 23.7. The van der Waals surface area contributed by atoms with Crippen molar-refractivity contribution in [2.45, 2.75) is 72.0 Å². The normalized spacial score (nSPS) is 12.0. The molecule has 0 aromatic heterocycles. The molecular formula is C51H56O8. The molecule has 4 rings (SSSR count). The highest BCUT2D eigenvalue weighted by molar-refractivity contribution is 6.04. The molecule has 59 heavy (non-hydrogen) atoms. The predicted octanol–water partition coefficient (Wildman–Crippen LogP) is 10.8. The summed E-state index contributed by atoms with van der Waals surface area (Å²) in [6.45, 7) is 25.1. The Balaban J connectivity index is 1.74. The fourth-order valence-corrected chi connectivity index (χ4v) is 6.80. The molecule has 8 nitrogen and oxygen atoms in total. The van der Waals surface area contributed by atoms with E-state index < -0.39 is 46.4 Å². The fraction of sp³-hybridized carbons (Fsp3) is 0.294. The number of carbonyl (C=O) groups is 4. The molecule has 0 bridgehead atoms. The third-order valence-corrected chi connectivity index (χ3v) is 10.5. The zero-order valence-corrected chi connectivity index (χ0v) is 35.0. The summed E-state index contributed by atoms with van der Waals surface area (Å²) in [6.07, 6.45) is -1.76. The quantitative estimate of drug-likeness (QED) is 0.0466. The summed E-state index contributed by atoms with van der Waals surface area (Å²) in [5.41, 5.74) is -0.493. The summed E-state index contributed by atoms with van der Waals surface area (Å²) >= 11 is 0. The van der Waals surface area contributed by atoms with Crippen molar-refractivity contribution in [3.8, 4) is 0 Å². The largest absolute Gasteiger partial charge is 0.465 e. The second kappa shape index (κ2) is 20.4. The molecular weight excluding hydrogens is 741 g/mol. The summed E-state index contributed by atoms with van der Waals surface area (Å²) in [6, 6.07) is 36.9. The standard InChI is InChI=1S/C51H56O8/c1-10-56-45(52)50(32-36(3)41-24-16-12-17-25-41,33-37(4)42-26-18-13-19-27-42)47(54)58-40(7)49(8,9)59-48(55)51(46(53)57-11-2,34-38(5)43-28-20-14-21-29-43)35-39(6)44-30-22-15-23-31-44/h12-31,40H,3-6,10-11,32-35H2,1-2,7-9H3. The monoisotopic (exact) mass is 796 g/mol. The van der Waals surface area contributed by atoms with Crippen LogP contribution in [0, 0.1) is 10.8 Å². The number of carbonyl (C=O) groups excluding carboxylic acids is 4. The van der Waals surface area contributed by atoms with E-state index in [1.54, 1.807) is 34.6 Å². The van der Waals surface area contributed by atoms with Crippen molar-refractivity contribution in [2.24, 2.45) is 10.8 Å². The Morgan fingerprint density at radius 2 is 0.746 bits per heavy atom. The maximum absolute atomic E-state index is 14.9. The molecule has 1 unspecified atom stereocenters. The molecule has 0 fully saturated rings. The number of benzene rings is 4. The van der Waals surface area contributed by atoms with Gasteiger partial charge in [-0.05, 0) is 105 Å². The van der Waals surface area contributed by atoms with E-state index in [1.807, 2.05) is 121 Å². The van der Waals surface area contributed by atoms with Gasteiger partial charge in [-0.3, -0.25) is 19.2 Å². The molecule has 8 heteroatoms. The van der Waals surface area contributed by atoms with Crippen LogP contribution in [0.15, 0.2) is 148 Å². The van der Waals surface area contributed by atoms with Crippen LogP contribution < -0.4 is 0 Å². The van der Waals surface area contributed by atoms with Crippen LogP contribution in [-0.4, -0.2) is 48.8 Å². The van der Waals surface area contributed by atoms with Crippen LogP contribution in [0.1, 0.15) is 82.6 Å². The molecule has 0 saturated carbocycles. The van der Waals surface area contributed by atoms with E-state index in [4.69, 9.17) is 18.9 Å². The third-order valence-electron chi connectivity index (χ3n) is 10.5. The molecule has 4 aromatic carbocycles. The van der Waals surface area contributed by atoms with Crippen LogP contribution in [0.4, 0.5) is 0 Å². The Morgan fingerprint density at radius 3 is 1.02 bits per heavy atom. The number of allylic oxidation sites excluding steroid dienone is 4. The molecule has 0 aliphatic heterocycles. The van der Waals surface area contributed by atoms with Crippen LogP contribution in [0.25, 0.3) is 22.3 Å². The van der Waals surface area contributed by atoms with E-state index >= 15 is 0 Å². The Hall–Kier alpha value is -6.28. The van der Waals surface area contributed by atoms with Crippen molar-refractivity contribution in [1.82, 2.24) is 0 Å². The van der Waals surface area contributed by atoms with Crippen LogP contribution in [0.3, 0.4) is 0 Å². The molecule has 0 heterocycles. The van der Waals surface area contributed by atoms with E-state index in [2.05, 4.69) is 26.3 Å². The van der Waals surface area contributed by atoms with Gasteiger partial charge in [0.2, 0.25) is 0 Å². The van der Waals surface area contributed by atoms with E-state index in [-0.39, 0.29) is 38.9 Å². The molecule has 0 amide bonds. The summed E-state index contributed by atoms with van der Waals surface area (Å²) in [4.78, 5) is 58.1. The van der Waals surface area contributed by atoms with Crippen molar-refractivity contribution in [3.05, 3.63) is 170 Å². The first-order chi connectivity index (χ1) is 28.1. The zero-order valence-electron chi connectivity index (χ0n) is 35.0. The minimum absolute atomic E-state index is 0.000609. The van der Waals surface area contributed by atoms with Gasteiger partial charge in [0.15, 0.2) is 10.8 Å². The van der Waals surface area contributed by atoms with Crippen LogP contribution in [0.5, 0.6) is 0 Å². The molecule has 1 atom stereocenters. The van der Waals surface area contributed by atoms with Gasteiger partial charge in [-0.2, -0.15) is 0 Å². The van der Waals surface area contributed by atoms with E-state index in [0.717, 1.165) is 22.3 Å². The minimum atomic E-state index is -1.94. The average Bonchev–Trinajstić information content (AvgIpc) is 3.24. The molecule has 0 saturated heterocycles. The first kappa shape index (κ1) is 45.4. The third kappa shape index (κ3) is 11.2. The number of hydrogen-bond donors (Lipinski definition) is 0. The first-order valence-corrected chi connectivity index (χ1v) is 19.8. The van der Waals surface area contributed by atoms with Gasteiger partial charge in [0, 0.05) is 0 Å². The van der Waals surface area contributed by atoms with Gasteiger partial charge in [-0.15, -0.1) is 0 Å². The number of ether oxygens (including phenoxy) is 4. The van der Waals surface area contributed by atoms with Gasteiger partial charge in [0.25, 0.3) is 0 Å². The molecule has 0 radical (unpaired) electrons. The molecule has 308 valence electrons. The second-order valence-corrected chi connectivity index (χ2v) is 15.2. The zero-order chi connectivity index (χ0) is 43.2. The first-order valence-electron chi connectivity index (χ1n) is 19.8. The lowest BCUT2D eigenvalue weighted by Gasteiger charge is -2.38. The number of hydrogen-bond acceptors (Lipinski definition) is 8. The van der Waals surface area contributed by atoms with Gasteiger partial charge >= 0.3 is 23.9 Å². The topological polar surface area (TPSA) is 105 Å². The Morgan fingerprint density at radius 1 is 0.475 bits per heavy atom. The highest BCUT2D eigenvalue weighted by Gasteiger charge is 2.54. The average molecular weight is 797 g/mol. The SMILES string of the molecule is C=C(CC(CC(=C)c1ccccc1)(C(=O)OCC)C(=O)OC(C)C(C)(C)OC(=O)C(CC(=C)c1ccccc1)(CC(=C)c1ccccc1)C(=O)OCC)c1ccccc1. The highest BCUT2D eigenvalue weighted by atomic mass is 16.6. The molecule has 0 spiro atoms. The highest BCUT2D eigenvalue weighted by Crippen LogP contribution is 2.44. The molecule has 0 aliphatic carbocycles. The molecule has 4 aromatic rings. The second-order valence-electron chi connectivity index (χ2n) is 15.2. The Labute approximate surface area is 349 Å². The lowest BCUT2D eigenvalue weighted by atomic mass is 9.74. The van der Waals surface area contributed by atoms with Gasteiger partial charge in [-0.1, -0.05) is 148 Å². The summed E-state index contributed by atoms with van der Waals surface area (Å²) in [5, 5.41) is 0. The Kier molecular flexibility index (Phi) is 15.7. The van der Waals surface area contributed by atoms with Crippen molar-refractivity contribution < 1.29 is 38.1 Å². The smallest absolute Gasteiger partial charge is 0.324 e. The summed E-state index contributed by atoms with van der Waals surface area (Å²) in [7, 11) is 0. The summed E-state index contributed by atoms with van der Waals surface area (Å²) in [5.74, 6) is -3.43. The maximum atomic E-state index is 14.9. The van der Waals surface area contributed by atoms with Gasteiger partial charge in [0.05, 0.1) is 13.2 Å². The molecule has 0 aliphatic rings. The Bertz CT molecular complexity index is 2010. The number of esters is 4. The van der Waals surface area contributed by atoms with Crippen molar-refractivity contribution in [3.63, 3.8) is 0 Å². The van der Waals surface area contributed by atoms with E-state index in [1.165, 1.54) is 0 Å². The van der Waals surface area contributed by atoms with Crippen LogP contribution >= 0.6 is 0 Å². The van der Waals surface area contributed by atoms with Crippen LogP contribution in [-0.2, 0) is 38.1 Å². The lowest BCUT2D eigenvalue weighted by molar-refractivity contribution is -0.198. The van der Waals surface area contributed by atoms with E-state index in [9.17, 15) is 19.2 Å². The van der Waals surface area contributed by atoms with Crippen molar-refractivity contribution >= 4 is 46.2 Å².